The minimum absolute atomic E-state index is 0.117. The molecule has 0 spiro atoms. The van der Waals surface area contributed by atoms with Crippen molar-refractivity contribution in [2.24, 2.45) is 0 Å². The number of unbranched alkanes of at least 4 members (excludes halogenated alkanes) is 2. The van der Waals surface area contributed by atoms with Crippen molar-refractivity contribution in [3.63, 3.8) is 0 Å². The van der Waals surface area contributed by atoms with E-state index in [2.05, 4.69) is 6.92 Å². The summed E-state index contributed by atoms with van der Waals surface area (Å²) in [7, 11) is 0. The number of aliphatic hydroxyl groups is 1. The molecule has 0 saturated heterocycles. The average Bonchev–Trinajstić information content (AvgIpc) is 2.14. The maximum absolute atomic E-state index is 13.4. The fraction of sp³-hybridized carbons (Fsp3) is 0.909. The van der Waals surface area contributed by atoms with Gasteiger partial charge in [-0.15, -0.1) is 0 Å². The molecule has 0 aliphatic rings. The molecular formula is C11H22FNO2. The minimum atomic E-state index is -1.85. The van der Waals surface area contributed by atoms with Gasteiger partial charge in [-0.1, -0.05) is 19.8 Å². The van der Waals surface area contributed by atoms with E-state index in [4.69, 9.17) is 5.11 Å². The number of carbonyl (C=O) groups excluding carboxylic acids is 1. The predicted octanol–water partition coefficient (Wildman–Crippen LogP) is 1.75. The summed E-state index contributed by atoms with van der Waals surface area (Å²) >= 11 is 0. The van der Waals surface area contributed by atoms with E-state index >= 15 is 0 Å². The van der Waals surface area contributed by atoms with Crippen LogP contribution in [0.3, 0.4) is 0 Å². The van der Waals surface area contributed by atoms with Gasteiger partial charge in [-0.05, 0) is 20.3 Å². The van der Waals surface area contributed by atoms with Gasteiger partial charge in [0, 0.05) is 13.1 Å². The second kappa shape index (κ2) is 6.77. The molecule has 0 atom stereocenters. The zero-order valence-corrected chi connectivity index (χ0v) is 9.92. The molecule has 0 fully saturated rings. The van der Waals surface area contributed by atoms with Crippen molar-refractivity contribution in [1.29, 1.82) is 0 Å². The van der Waals surface area contributed by atoms with E-state index in [0.717, 1.165) is 19.3 Å². The van der Waals surface area contributed by atoms with Crippen molar-refractivity contribution in [2.75, 3.05) is 19.7 Å². The zero-order chi connectivity index (χ0) is 11.9. The Morgan fingerprint density at radius 1 is 1.33 bits per heavy atom. The van der Waals surface area contributed by atoms with Gasteiger partial charge >= 0.3 is 0 Å². The summed E-state index contributed by atoms with van der Waals surface area (Å²) in [5.41, 5.74) is -1.85. The third-order valence-corrected chi connectivity index (χ3v) is 2.20. The lowest BCUT2D eigenvalue weighted by molar-refractivity contribution is -0.142. The Morgan fingerprint density at radius 3 is 2.33 bits per heavy atom. The highest BCUT2D eigenvalue weighted by Crippen LogP contribution is 2.13. The lowest BCUT2D eigenvalue weighted by Crippen LogP contribution is -2.44. The van der Waals surface area contributed by atoms with Crippen molar-refractivity contribution >= 4 is 5.91 Å². The maximum atomic E-state index is 13.4. The normalized spacial score (nSPS) is 11.5. The summed E-state index contributed by atoms with van der Waals surface area (Å²) in [6.07, 6.45) is 2.93. The number of hydrogen-bond donors (Lipinski definition) is 1. The largest absolute Gasteiger partial charge is 0.395 e. The second-order valence-corrected chi connectivity index (χ2v) is 4.20. The maximum Gasteiger partial charge on any atom is 0.259 e. The zero-order valence-electron chi connectivity index (χ0n) is 9.92. The second-order valence-electron chi connectivity index (χ2n) is 4.20. The van der Waals surface area contributed by atoms with E-state index in [0.29, 0.717) is 6.54 Å². The van der Waals surface area contributed by atoms with Gasteiger partial charge in [0.15, 0.2) is 5.67 Å². The van der Waals surface area contributed by atoms with Gasteiger partial charge in [0.05, 0.1) is 6.61 Å². The van der Waals surface area contributed by atoms with Crippen molar-refractivity contribution < 1.29 is 14.3 Å². The summed E-state index contributed by atoms with van der Waals surface area (Å²) in [5.74, 6) is -0.535. The van der Waals surface area contributed by atoms with Crippen LogP contribution in [0, 0.1) is 0 Å². The van der Waals surface area contributed by atoms with Crippen LogP contribution in [0.15, 0.2) is 0 Å². The van der Waals surface area contributed by atoms with E-state index in [9.17, 15) is 9.18 Å². The third kappa shape index (κ3) is 5.72. The first-order chi connectivity index (χ1) is 6.93. The van der Waals surface area contributed by atoms with Gasteiger partial charge in [0.25, 0.3) is 5.91 Å². The van der Waals surface area contributed by atoms with Crippen molar-refractivity contribution in [3.8, 4) is 0 Å². The number of aliphatic hydroxyl groups excluding tert-OH is 1. The van der Waals surface area contributed by atoms with Crippen molar-refractivity contribution in [1.82, 2.24) is 4.90 Å². The van der Waals surface area contributed by atoms with Crippen LogP contribution in [0.25, 0.3) is 0 Å². The van der Waals surface area contributed by atoms with Crippen LogP contribution in [0.4, 0.5) is 4.39 Å². The summed E-state index contributed by atoms with van der Waals surface area (Å²) in [6, 6.07) is 0. The number of carbonyl (C=O) groups is 1. The molecule has 0 bridgehead atoms. The molecule has 1 amide bonds. The molecule has 0 aromatic carbocycles. The van der Waals surface area contributed by atoms with E-state index < -0.39 is 11.6 Å². The number of halogens is 1. The Kier molecular flexibility index (Phi) is 6.48. The molecule has 15 heavy (non-hydrogen) atoms. The van der Waals surface area contributed by atoms with Gasteiger partial charge in [-0.3, -0.25) is 4.79 Å². The molecule has 0 saturated carbocycles. The average molecular weight is 219 g/mol. The molecule has 0 unspecified atom stereocenters. The SMILES string of the molecule is CCCCCN(CCO)C(=O)C(C)(C)F. The Balaban J connectivity index is 4.19. The van der Waals surface area contributed by atoms with Crippen molar-refractivity contribution in [3.05, 3.63) is 0 Å². The van der Waals surface area contributed by atoms with Gasteiger partial charge in [0.1, 0.15) is 0 Å². The quantitative estimate of drug-likeness (QED) is 0.663. The number of nitrogens with zero attached hydrogens (tertiary/aromatic N) is 1. The molecule has 0 aromatic rings. The monoisotopic (exact) mass is 219 g/mol. The van der Waals surface area contributed by atoms with Crippen LogP contribution in [0.1, 0.15) is 40.0 Å². The molecule has 4 heteroatoms. The fourth-order valence-electron chi connectivity index (χ4n) is 1.36. The van der Waals surface area contributed by atoms with Gasteiger partial charge < -0.3 is 10.0 Å². The smallest absolute Gasteiger partial charge is 0.259 e. The molecule has 3 nitrogen and oxygen atoms in total. The molecule has 0 heterocycles. The predicted molar refractivity (Wildman–Crippen MR) is 58.4 cm³/mol. The Hall–Kier alpha value is -0.640. The molecule has 1 N–H and O–H groups in total. The number of hydrogen-bond acceptors (Lipinski definition) is 2. The molecule has 0 aliphatic carbocycles. The highest BCUT2D eigenvalue weighted by atomic mass is 19.1. The summed E-state index contributed by atoms with van der Waals surface area (Å²) in [4.78, 5) is 13.0. The standard InChI is InChI=1S/C11H22FNO2/c1-4-5-6-7-13(8-9-14)10(15)11(2,3)12/h14H,4-9H2,1-3H3. The third-order valence-electron chi connectivity index (χ3n) is 2.20. The minimum Gasteiger partial charge on any atom is -0.395 e. The summed E-state index contributed by atoms with van der Waals surface area (Å²) in [5, 5.41) is 8.79. The van der Waals surface area contributed by atoms with Crippen LogP contribution in [0.2, 0.25) is 0 Å². The van der Waals surface area contributed by atoms with E-state index in [1.54, 1.807) is 0 Å². The van der Waals surface area contributed by atoms with Crippen LogP contribution in [-0.4, -0.2) is 41.3 Å². The highest BCUT2D eigenvalue weighted by molar-refractivity contribution is 5.84. The van der Waals surface area contributed by atoms with Crippen LogP contribution < -0.4 is 0 Å². The highest BCUT2D eigenvalue weighted by Gasteiger charge is 2.30. The van der Waals surface area contributed by atoms with Gasteiger partial charge in [0.2, 0.25) is 0 Å². The summed E-state index contributed by atoms with van der Waals surface area (Å²) < 4.78 is 13.4. The molecular weight excluding hydrogens is 197 g/mol. The Labute approximate surface area is 91.3 Å². The number of alkyl halides is 1. The molecule has 0 aliphatic heterocycles. The molecule has 0 radical (unpaired) electrons. The lowest BCUT2D eigenvalue weighted by Gasteiger charge is -2.26. The molecule has 90 valence electrons. The number of rotatable bonds is 7. The van der Waals surface area contributed by atoms with E-state index in [1.165, 1.54) is 18.7 Å². The van der Waals surface area contributed by atoms with Crippen LogP contribution >= 0.6 is 0 Å². The first-order valence-electron chi connectivity index (χ1n) is 5.52. The Morgan fingerprint density at radius 2 is 1.93 bits per heavy atom. The molecule has 0 rings (SSSR count). The van der Waals surface area contributed by atoms with Crippen LogP contribution in [-0.2, 0) is 4.79 Å². The number of amides is 1. The summed E-state index contributed by atoms with van der Waals surface area (Å²) in [6.45, 7) is 5.20. The van der Waals surface area contributed by atoms with Gasteiger partial charge in [-0.25, -0.2) is 4.39 Å². The van der Waals surface area contributed by atoms with Crippen LogP contribution in [0.5, 0.6) is 0 Å². The van der Waals surface area contributed by atoms with E-state index in [-0.39, 0.29) is 13.2 Å². The molecule has 0 aromatic heterocycles. The topological polar surface area (TPSA) is 40.5 Å². The lowest BCUT2D eigenvalue weighted by atomic mass is 10.1. The van der Waals surface area contributed by atoms with Gasteiger partial charge in [-0.2, -0.15) is 0 Å². The Bertz CT molecular complexity index is 190. The first-order valence-corrected chi connectivity index (χ1v) is 5.52. The van der Waals surface area contributed by atoms with Crippen molar-refractivity contribution in [2.45, 2.75) is 45.7 Å². The van der Waals surface area contributed by atoms with E-state index in [1.807, 2.05) is 0 Å². The fourth-order valence-corrected chi connectivity index (χ4v) is 1.36. The first kappa shape index (κ1) is 14.4.